The first-order valence-corrected chi connectivity index (χ1v) is 13.0. The van der Waals surface area contributed by atoms with Crippen molar-refractivity contribution in [1.29, 1.82) is 0 Å². The Morgan fingerprint density at radius 2 is 1.88 bits per heavy atom. The van der Waals surface area contributed by atoms with Crippen LogP contribution in [0.1, 0.15) is 78.1 Å². The number of hydrogen-bond donors (Lipinski definition) is 0. The molecule has 0 bridgehead atoms. The van der Waals surface area contributed by atoms with Crippen molar-refractivity contribution in [2.75, 3.05) is 26.2 Å². The number of nitrogens with zero attached hydrogens (tertiary/aromatic N) is 2. The van der Waals surface area contributed by atoms with Gasteiger partial charge >= 0.3 is 0 Å². The second-order valence-corrected chi connectivity index (χ2v) is 11.6. The Morgan fingerprint density at radius 3 is 2.66 bits per heavy atom. The van der Waals surface area contributed by atoms with Crippen LogP contribution >= 0.6 is 0 Å². The number of piperidine rings is 1. The molecule has 5 rings (SSSR count). The van der Waals surface area contributed by atoms with Gasteiger partial charge in [-0.3, -0.25) is 14.5 Å². The average Bonchev–Trinajstić information content (AvgIpc) is 3.11. The minimum atomic E-state index is -1.63. The second kappa shape index (κ2) is 8.48. The SMILES string of the molecule is C[C@]12CC/C(=N\OCCN3CCCCC3)CC1CCC1C2C(=O)C(F)[C@]2(C)C(=O)CCC12. The maximum Gasteiger partial charge on any atom is 0.171 e. The van der Waals surface area contributed by atoms with Crippen molar-refractivity contribution in [2.45, 2.75) is 84.2 Å². The Labute approximate surface area is 191 Å². The van der Waals surface area contributed by atoms with Crippen LogP contribution in [0.15, 0.2) is 5.16 Å². The molecular formula is C26H39FN2O3. The van der Waals surface area contributed by atoms with Crippen LogP contribution in [0.3, 0.4) is 0 Å². The molecule has 0 aromatic rings. The Bertz CT molecular complexity index is 794. The molecule has 6 heteroatoms. The number of halogens is 1. The number of likely N-dealkylation sites (tertiary alicyclic amines) is 1. The Hall–Kier alpha value is -1.30. The fourth-order valence-corrected chi connectivity index (χ4v) is 8.17. The van der Waals surface area contributed by atoms with Gasteiger partial charge in [0.15, 0.2) is 12.0 Å². The second-order valence-electron chi connectivity index (χ2n) is 11.6. The molecule has 4 aliphatic carbocycles. The number of ketones is 2. The van der Waals surface area contributed by atoms with Gasteiger partial charge in [0, 0.05) is 18.9 Å². The summed E-state index contributed by atoms with van der Waals surface area (Å²) in [5.41, 5.74) is -0.166. The van der Waals surface area contributed by atoms with Gasteiger partial charge in [-0.15, -0.1) is 0 Å². The Kier molecular flexibility index (Phi) is 5.96. The summed E-state index contributed by atoms with van der Waals surface area (Å²) < 4.78 is 15.5. The predicted octanol–water partition coefficient (Wildman–Crippen LogP) is 4.58. The molecule has 0 radical (unpaired) electrons. The van der Waals surface area contributed by atoms with Crippen molar-refractivity contribution in [3.8, 4) is 0 Å². The summed E-state index contributed by atoms with van der Waals surface area (Å²) in [7, 11) is 0. The zero-order valence-electron chi connectivity index (χ0n) is 19.8. The molecule has 7 atom stereocenters. The molecule has 1 saturated heterocycles. The molecule has 5 fully saturated rings. The third kappa shape index (κ3) is 3.47. The van der Waals surface area contributed by atoms with Crippen molar-refractivity contribution in [3.63, 3.8) is 0 Å². The molecule has 0 N–H and O–H groups in total. The molecule has 5 unspecified atom stereocenters. The van der Waals surface area contributed by atoms with Gasteiger partial charge in [-0.1, -0.05) is 18.5 Å². The van der Waals surface area contributed by atoms with E-state index in [2.05, 4.69) is 17.0 Å². The normalized spacial score (nSPS) is 46.0. The average molecular weight is 447 g/mol. The van der Waals surface area contributed by atoms with E-state index in [9.17, 15) is 9.59 Å². The first-order valence-electron chi connectivity index (χ1n) is 13.0. The molecule has 0 aromatic carbocycles. The van der Waals surface area contributed by atoms with E-state index in [0.29, 0.717) is 18.9 Å². The van der Waals surface area contributed by atoms with E-state index in [0.717, 1.165) is 63.9 Å². The standard InChI is InChI=1S/C26H39FN2O3/c1-25-11-10-18(28-32-15-14-29-12-4-3-5-13-29)16-17(25)6-7-19-20-8-9-21(30)26(20,2)24(27)23(31)22(19)25/h17,19-20,22,24H,3-16H2,1-2H3/b28-18+/t17?,19?,20?,22?,24?,25-,26-/m0/s1. The van der Waals surface area contributed by atoms with E-state index in [4.69, 9.17) is 4.84 Å². The molecule has 5 nitrogen and oxygen atoms in total. The molecule has 0 spiro atoms. The van der Waals surface area contributed by atoms with Crippen LogP contribution < -0.4 is 0 Å². The van der Waals surface area contributed by atoms with Crippen LogP contribution in [0, 0.1) is 34.5 Å². The van der Waals surface area contributed by atoms with Crippen molar-refractivity contribution in [3.05, 3.63) is 0 Å². The van der Waals surface area contributed by atoms with Gasteiger partial charge in [-0.25, -0.2) is 4.39 Å². The van der Waals surface area contributed by atoms with E-state index < -0.39 is 11.6 Å². The first kappa shape index (κ1) is 22.5. The van der Waals surface area contributed by atoms with E-state index in [-0.39, 0.29) is 34.7 Å². The summed E-state index contributed by atoms with van der Waals surface area (Å²) in [6.07, 6.45) is 7.97. The maximum atomic E-state index is 15.5. The van der Waals surface area contributed by atoms with Crippen LogP contribution in [-0.2, 0) is 14.4 Å². The number of fused-ring (bicyclic) bond motifs is 5. The summed E-state index contributed by atoms with van der Waals surface area (Å²) in [5.74, 6) is -0.0327. The van der Waals surface area contributed by atoms with Crippen LogP contribution in [0.25, 0.3) is 0 Å². The van der Waals surface area contributed by atoms with Crippen molar-refractivity contribution in [2.24, 2.45) is 39.7 Å². The highest BCUT2D eigenvalue weighted by molar-refractivity contribution is 5.98. The van der Waals surface area contributed by atoms with Gasteiger partial charge in [-0.05, 0) is 94.5 Å². The number of oxime groups is 1. The van der Waals surface area contributed by atoms with E-state index in [1.165, 1.54) is 19.3 Å². The predicted molar refractivity (Wildman–Crippen MR) is 121 cm³/mol. The van der Waals surface area contributed by atoms with Gasteiger partial charge < -0.3 is 4.84 Å². The molecule has 1 aliphatic heterocycles. The fourth-order valence-electron chi connectivity index (χ4n) is 8.17. The summed E-state index contributed by atoms with van der Waals surface area (Å²) >= 11 is 0. The lowest BCUT2D eigenvalue weighted by Crippen LogP contribution is -2.62. The largest absolute Gasteiger partial charge is 0.394 e. The van der Waals surface area contributed by atoms with Crippen LogP contribution in [0.2, 0.25) is 0 Å². The van der Waals surface area contributed by atoms with Crippen LogP contribution in [0.5, 0.6) is 0 Å². The number of hydrogen-bond acceptors (Lipinski definition) is 5. The number of carbonyl (C=O) groups excluding carboxylic acids is 2. The summed E-state index contributed by atoms with van der Waals surface area (Å²) in [6, 6.07) is 0. The van der Waals surface area contributed by atoms with E-state index in [1.807, 2.05) is 0 Å². The Morgan fingerprint density at radius 1 is 1.09 bits per heavy atom. The number of carbonyl (C=O) groups is 2. The fraction of sp³-hybridized carbons (Fsp3) is 0.885. The third-order valence-electron chi connectivity index (χ3n) is 10.1. The third-order valence-corrected chi connectivity index (χ3v) is 10.1. The highest BCUT2D eigenvalue weighted by Crippen LogP contribution is 2.64. The van der Waals surface area contributed by atoms with Crippen molar-refractivity contribution >= 4 is 17.3 Å². The van der Waals surface area contributed by atoms with E-state index in [1.54, 1.807) is 6.92 Å². The number of alkyl halides is 1. The topological polar surface area (TPSA) is 59.0 Å². The summed E-state index contributed by atoms with van der Waals surface area (Å²) in [5, 5.41) is 4.49. The summed E-state index contributed by atoms with van der Waals surface area (Å²) in [6.45, 7) is 7.84. The van der Waals surface area contributed by atoms with Gasteiger partial charge in [-0.2, -0.15) is 0 Å². The molecule has 4 saturated carbocycles. The first-order chi connectivity index (χ1) is 15.4. The zero-order valence-corrected chi connectivity index (χ0v) is 19.8. The van der Waals surface area contributed by atoms with Crippen molar-refractivity contribution < 1.29 is 18.8 Å². The molecule has 0 aromatic heterocycles. The minimum absolute atomic E-state index is 0.0265. The molecule has 1 heterocycles. The zero-order chi connectivity index (χ0) is 22.5. The lowest BCUT2D eigenvalue weighted by atomic mass is 9.44. The van der Waals surface area contributed by atoms with Gasteiger partial charge in [0.25, 0.3) is 0 Å². The molecule has 178 valence electrons. The Balaban J connectivity index is 1.25. The molecule has 32 heavy (non-hydrogen) atoms. The highest BCUT2D eigenvalue weighted by Gasteiger charge is 2.67. The van der Waals surface area contributed by atoms with Gasteiger partial charge in [0.1, 0.15) is 12.4 Å². The summed E-state index contributed by atoms with van der Waals surface area (Å²) in [4.78, 5) is 34.1. The quantitative estimate of drug-likeness (QED) is 0.468. The monoisotopic (exact) mass is 446 g/mol. The van der Waals surface area contributed by atoms with Gasteiger partial charge in [0.05, 0.1) is 11.1 Å². The van der Waals surface area contributed by atoms with Gasteiger partial charge in [0.2, 0.25) is 0 Å². The molecule has 0 amide bonds. The highest BCUT2D eigenvalue weighted by atomic mass is 19.1. The maximum absolute atomic E-state index is 15.5. The smallest absolute Gasteiger partial charge is 0.171 e. The van der Waals surface area contributed by atoms with E-state index >= 15 is 4.39 Å². The number of Topliss-reactive ketones (excluding diaryl/α,β-unsaturated/α-hetero) is 2. The minimum Gasteiger partial charge on any atom is -0.394 e. The van der Waals surface area contributed by atoms with Crippen LogP contribution in [0.4, 0.5) is 4.39 Å². The van der Waals surface area contributed by atoms with Crippen molar-refractivity contribution in [1.82, 2.24) is 4.90 Å². The van der Waals surface area contributed by atoms with Crippen LogP contribution in [-0.4, -0.2) is 54.6 Å². The number of rotatable bonds is 4. The lowest BCUT2D eigenvalue weighted by molar-refractivity contribution is -0.169. The molecular weight excluding hydrogens is 407 g/mol. The lowest BCUT2D eigenvalue weighted by Gasteiger charge is -2.59. The molecule has 5 aliphatic rings.